The van der Waals surface area contributed by atoms with Gasteiger partial charge in [-0.2, -0.15) is 5.10 Å². The molecule has 7 nitrogen and oxygen atoms in total. The molecule has 0 heterocycles. The lowest BCUT2D eigenvalue weighted by molar-refractivity contribution is -0.255. The van der Waals surface area contributed by atoms with Gasteiger partial charge in [0.25, 0.3) is 0 Å². The number of ether oxygens (including phenoxy) is 3. The molecule has 0 saturated heterocycles. The van der Waals surface area contributed by atoms with E-state index in [0.29, 0.717) is 28.5 Å². The predicted octanol–water partition coefficient (Wildman–Crippen LogP) is 1.52. The maximum atomic E-state index is 10.7. The zero-order chi connectivity index (χ0) is 17.5. The number of carbonyl (C=O) groups excluding carboxylic acids is 1. The Balaban J connectivity index is 2.17. The second kappa shape index (κ2) is 7.87. The van der Waals surface area contributed by atoms with Crippen LogP contribution >= 0.6 is 0 Å². The van der Waals surface area contributed by atoms with Crippen LogP contribution in [0, 0.1) is 0 Å². The number of methoxy groups -OCH3 is 3. The highest BCUT2D eigenvalue weighted by Crippen LogP contribution is 2.33. The molecular weight excluding hydrogens is 312 g/mol. The number of carboxylic acids is 1. The molecule has 7 heteroatoms. The van der Waals surface area contributed by atoms with Crippen molar-refractivity contribution in [3.63, 3.8) is 0 Å². The summed E-state index contributed by atoms with van der Waals surface area (Å²) in [7, 11) is 4.63. The summed E-state index contributed by atoms with van der Waals surface area (Å²) >= 11 is 0. The zero-order valence-electron chi connectivity index (χ0n) is 13.5. The molecule has 0 aliphatic heterocycles. The molecule has 2 aromatic carbocycles. The Kier molecular flexibility index (Phi) is 5.62. The fourth-order valence-corrected chi connectivity index (χ4v) is 2.01. The number of hydrogen-bond acceptors (Lipinski definition) is 7. The quantitative estimate of drug-likeness (QED) is 0.612. The Morgan fingerprint density at radius 3 is 2.12 bits per heavy atom. The predicted molar refractivity (Wildman–Crippen MR) is 88.1 cm³/mol. The van der Waals surface area contributed by atoms with Crippen LogP contribution in [0.15, 0.2) is 41.5 Å². The van der Waals surface area contributed by atoms with Crippen molar-refractivity contribution in [1.29, 1.82) is 0 Å². The third-order valence-corrected chi connectivity index (χ3v) is 3.25. The fraction of sp³-hybridized carbons (Fsp3) is 0.176. The molecule has 0 bridgehead atoms. The zero-order valence-corrected chi connectivity index (χ0v) is 13.5. The number of rotatable bonds is 7. The lowest BCUT2D eigenvalue weighted by atomic mass is 10.2. The van der Waals surface area contributed by atoms with Gasteiger partial charge < -0.3 is 24.1 Å². The summed E-state index contributed by atoms with van der Waals surface area (Å²) in [5.41, 5.74) is 4.23. The van der Waals surface area contributed by atoms with Gasteiger partial charge in [0.15, 0.2) is 11.5 Å². The monoisotopic (exact) mass is 329 g/mol. The number of carbonyl (C=O) groups is 1. The summed E-state index contributed by atoms with van der Waals surface area (Å²) in [6, 6.07) is 9.49. The van der Waals surface area contributed by atoms with E-state index in [2.05, 4.69) is 10.5 Å². The van der Waals surface area contributed by atoms with E-state index < -0.39 is 5.97 Å². The second-order valence-electron chi connectivity index (χ2n) is 4.68. The average Bonchev–Trinajstić information content (AvgIpc) is 2.61. The smallest absolute Gasteiger partial charge is 0.164 e. The van der Waals surface area contributed by atoms with Crippen LogP contribution in [0.3, 0.4) is 0 Å². The highest BCUT2D eigenvalue weighted by molar-refractivity contribution is 5.87. The minimum Gasteiger partial charge on any atom is -0.545 e. The van der Waals surface area contributed by atoms with E-state index in [1.165, 1.54) is 12.1 Å². The van der Waals surface area contributed by atoms with E-state index in [-0.39, 0.29) is 5.56 Å². The minimum absolute atomic E-state index is 0.103. The van der Waals surface area contributed by atoms with Crippen molar-refractivity contribution >= 4 is 17.9 Å². The third-order valence-electron chi connectivity index (χ3n) is 3.25. The van der Waals surface area contributed by atoms with Gasteiger partial charge in [0.05, 0.1) is 39.2 Å². The minimum atomic E-state index is -1.22. The van der Waals surface area contributed by atoms with Crippen LogP contribution in [0.1, 0.15) is 15.9 Å². The van der Waals surface area contributed by atoms with Crippen LogP contribution in [0.5, 0.6) is 17.2 Å². The molecule has 0 aliphatic carbocycles. The molecule has 1 N–H and O–H groups in total. The lowest BCUT2D eigenvalue weighted by Crippen LogP contribution is -2.21. The van der Waals surface area contributed by atoms with Crippen LogP contribution in [0.2, 0.25) is 0 Å². The van der Waals surface area contributed by atoms with Crippen LogP contribution in [0.4, 0.5) is 5.69 Å². The average molecular weight is 329 g/mol. The van der Waals surface area contributed by atoms with Crippen LogP contribution in [0.25, 0.3) is 0 Å². The lowest BCUT2D eigenvalue weighted by Gasteiger charge is -2.11. The van der Waals surface area contributed by atoms with E-state index in [0.717, 1.165) is 0 Å². The topological polar surface area (TPSA) is 92.2 Å². The van der Waals surface area contributed by atoms with Gasteiger partial charge in [-0.15, -0.1) is 0 Å². The second-order valence-corrected chi connectivity index (χ2v) is 4.68. The van der Waals surface area contributed by atoms with Gasteiger partial charge in [0.2, 0.25) is 0 Å². The Labute approximate surface area is 139 Å². The van der Waals surface area contributed by atoms with E-state index in [1.807, 2.05) is 0 Å². The summed E-state index contributed by atoms with van der Waals surface area (Å²) in [5.74, 6) is 0.459. The summed E-state index contributed by atoms with van der Waals surface area (Å²) in [5, 5.41) is 14.8. The maximum absolute atomic E-state index is 10.7. The standard InChI is InChI=1S/C17H18N2O5/c1-22-14-9-16(24-3)15(23-2)8-12(14)10-18-19-13-6-4-11(5-7-13)17(20)21/h4-10,19H,1-3H3,(H,20,21)/p-1/b18-10-. The van der Waals surface area contributed by atoms with E-state index in [4.69, 9.17) is 14.2 Å². The molecule has 0 aliphatic rings. The van der Waals surface area contributed by atoms with Crippen LogP contribution < -0.4 is 24.7 Å². The normalized spacial score (nSPS) is 10.5. The number of hydrazone groups is 1. The van der Waals surface area contributed by atoms with E-state index in [1.54, 1.807) is 51.8 Å². The Hall–Kier alpha value is -3.22. The van der Waals surface area contributed by atoms with Crippen molar-refractivity contribution in [2.24, 2.45) is 5.10 Å². The summed E-state index contributed by atoms with van der Waals surface area (Å²) in [4.78, 5) is 10.7. The van der Waals surface area contributed by atoms with Crippen molar-refractivity contribution in [2.45, 2.75) is 0 Å². The molecule has 0 aromatic heterocycles. The Morgan fingerprint density at radius 2 is 1.58 bits per heavy atom. The van der Waals surface area contributed by atoms with Crippen LogP contribution in [-0.2, 0) is 0 Å². The Bertz CT molecular complexity index is 741. The van der Waals surface area contributed by atoms with Gasteiger partial charge in [-0.1, -0.05) is 12.1 Å². The van der Waals surface area contributed by atoms with Crippen LogP contribution in [-0.4, -0.2) is 33.5 Å². The molecule has 0 radical (unpaired) electrons. The molecule has 0 unspecified atom stereocenters. The first-order valence-corrected chi connectivity index (χ1v) is 6.99. The van der Waals surface area contributed by atoms with E-state index >= 15 is 0 Å². The Morgan fingerprint density at radius 1 is 1.00 bits per heavy atom. The molecule has 2 rings (SSSR count). The van der Waals surface area contributed by atoms with Gasteiger partial charge in [0, 0.05) is 11.6 Å². The van der Waals surface area contributed by atoms with Crippen molar-refractivity contribution < 1.29 is 24.1 Å². The number of nitrogens with one attached hydrogen (secondary N) is 1. The van der Waals surface area contributed by atoms with Gasteiger partial charge in [-0.05, 0) is 23.8 Å². The maximum Gasteiger partial charge on any atom is 0.164 e. The number of carboxylic acid groups (broad SMARTS) is 1. The summed E-state index contributed by atoms with van der Waals surface area (Å²) < 4.78 is 15.8. The molecule has 2 aromatic rings. The van der Waals surface area contributed by atoms with Gasteiger partial charge in [0.1, 0.15) is 5.75 Å². The molecule has 0 amide bonds. The largest absolute Gasteiger partial charge is 0.545 e. The molecule has 24 heavy (non-hydrogen) atoms. The number of hydrogen-bond donors (Lipinski definition) is 1. The highest BCUT2D eigenvalue weighted by Gasteiger charge is 2.10. The molecule has 126 valence electrons. The fourth-order valence-electron chi connectivity index (χ4n) is 2.01. The van der Waals surface area contributed by atoms with Gasteiger partial charge in [-0.3, -0.25) is 5.43 Å². The first kappa shape index (κ1) is 17.1. The van der Waals surface area contributed by atoms with Crippen molar-refractivity contribution in [3.05, 3.63) is 47.5 Å². The SMILES string of the molecule is COc1cc(OC)c(OC)cc1/C=N\Nc1ccc(C(=O)[O-])cc1. The third kappa shape index (κ3) is 3.95. The van der Waals surface area contributed by atoms with Gasteiger partial charge >= 0.3 is 0 Å². The van der Waals surface area contributed by atoms with Crippen molar-refractivity contribution in [3.8, 4) is 17.2 Å². The number of nitrogens with zero attached hydrogens (tertiary/aromatic N) is 1. The summed E-state index contributed by atoms with van der Waals surface area (Å²) in [6.07, 6.45) is 1.56. The number of aromatic carboxylic acids is 1. The number of benzene rings is 2. The van der Waals surface area contributed by atoms with Crippen molar-refractivity contribution in [1.82, 2.24) is 0 Å². The molecule has 0 spiro atoms. The molecular formula is C17H17N2O5-. The van der Waals surface area contributed by atoms with E-state index in [9.17, 15) is 9.90 Å². The molecule has 0 atom stereocenters. The summed E-state index contributed by atoms with van der Waals surface area (Å²) in [6.45, 7) is 0. The molecule has 0 fully saturated rings. The molecule has 0 saturated carbocycles. The number of anilines is 1. The van der Waals surface area contributed by atoms with Crippen molar-refractivity contribution in [2.75, 3.05) is 26.8 Å². The first-order chi connectivity index (χ1) is 11.6. The highest BCUT2D eigenvalue weighted by atomic mass is 16.5. The van der Waals surface area contributed by atoms with Gasteiger partial charge in [-0.25, -0.2) is 0 Å². The first-order valence-electron chi connectivity index (χ1n) is 6.99.